The second-order valence-electron chi connectivity index (χ2n) is 5.76. The van der Waals surface area contributed by atoms with Gasteiger partial charge < -0.3 is 5.32 Å². The summed E-state index contributed by atoms with van der Waals surface area (Å²) in [5, 5.41) is 5.06. The van der Waals surface area contributed by atoms with Crippen LogP contribution in [-0.4, -0.2) is 38.0 Å². The molecule has 1 N–H and O–H groups in total. The van der Waals surface area contributed by atoms with Crippen molar-refractivity contribution in [2.45, 2.75) is 38.6 Å². The van der Waals surface area contributed by atoms with Crippen molar-refractivity contribution >= 4 is 27.3 Å². The highest BCUT2D eigenvalue weighted by molar-refractivity contribution is 7.89. The predicted molar refractivity (Wildman–Crippen MR) is 89.3 cm³/mol. The molecule has 1 aliphatic rings. The third kappa shape index (κ3) is 4.30. The Morgan fingerprint density at radius 2 is 2.14 bits per heavy atom. The highest BCUT2D eigenvalue weighted by atomic mass is 32.2. The summed E-state index contributed by atoms with van der Waals surface area (Å²) in [4.78, 5) is 13.4. The lowest BCUT2D eigenvalue weighted by Gasteiger charge is -2.25. The number of nitrogens with one attached hydrogen (secondary N) is 1. The molecule has 0 spiro atoms. The van der Waals surface area contributed by atoms with Gasteiger partial charge in [0.1, 0.15) is 0 Å². The normalized spacial score (nSPS) is 17.8. The average Bonchev–Trinajstić information content (AvgIpc) is 3.17. The van der Waals surface area contributed by atoms with Crippen molar-refractivity contribution in [1.82, 2.24) is 9.62 Å². The molecule has 1 saturated carbocycles. The Labute approximate surface area is 136 Å². The number of hydrogen-bond acceptors (Lipinski definition) is 4. The summed E-state index contributed by atoms with van der Waals surface area (Å²) in [5.74, 6) is 0.230. The van der Waals surface area contributed by atoms with Crippen LogP contribution in [0.4, 0.5) is 0 Å². The number of likely N-dealkylation sites (N-methyl/N-ethyl adjacent to an activating group) is 1. The van der Waals surface area contributed by atoms with Crippen LogP contribution in [-0.2, 0) is 14.8 Å². The Morgan fingerprint density at radius 1 is 1.45 bits per heavy atom. The first-order valence-corrected chi connectivity index (χ1v) is 10.2. The summed E-state index contributed by atoms with van der Waals surface area (Å²) in [6.45, 7) is 1.46. The maximum Gasteiger partial charge on any atom is 0.235 e. The highest BCUT2D eigenvalue weighted by Gasteiger charge is 2.29. The number of amides is 1. The van der Waals surface area contributed by atoms with Crippen LogP contribution in [0.2, 0.25) is 0 Å². The van der Waals surface area contributed by atoms with Gasteiger partial charge in [-0.15, -0.1) is 11.3 Å². The standard InChI is InChI=1S/C15H24N2O3S2/c1-3-22(19,20)17(2)11-14(18)16-15(12-7-4-5-8-12)13-9-6-10-21-13/h6,9-10,12,15H,3-5,7-8,11H2,1-2H3,(H,16,18)/t15-/m0/s1. The van der Waals surface area contributed by atoms with E-state index in [0.717, 1.165) is 22.0 Å². The van der Waals surface area contributed by atoms with Gasteiger partial charge in [-0.3, -0.25) is 4.79 Å². The summed E-state index contributed by atoms with van der Waals surface area (Å²) < 4.78 is 24.6. The van der Waals surface area contributed by atoms with Gasteiger partial charge in [0.2, 0.25) is 15.9 Å². The average molecular weight is 345 g/mol. The molecular formula is C15H24N2O3S2. The quantitative estimate of drug-likeness (QED) is 0.826. The Hall–Kier alpha value is -0.920. The minimum atomic E-state index is -3.33. The van der Waals surface area contributed by atoms with Crippen LogP contribution in [0, 0.1) is 5.92 Å². The molecule has 5 nitrogen and oxygen atoms in total. The molecule has 1 atom stereocenters. The minimum Gasteiger partial charge on any atom is -0.347 e. The lowest BCUT2D eigenvalue weighted by molar-refractivity contribution is -0.122. The predicted octanol–water partition coefficient (Wildman–Crippen LogP) is 2.38. The molecule has 0 saturated heterocycles. The van der Waals surface area contributed by atoms with Gasteiger partial charge in [0.15, 0.2) is 0 Å². The van der Waals surface area contributed by atoms with Crippen LogP contribution in [0.15, 0.2) is 17.5 Å². The Bertz CT molecular complexity index is 578. The Kier molecular flexibility index (Phi) is 6.00. The zero-order valence-corrected chi connectivity index (χ0v) is 14.8. The highest BCUT2D eigenvalue weighted by Crippen LogP contribution is 2.37. The monoisotopic (exact) mass is 344 g/mol. The molecule has 0 aromatic carbocycles. The lowest BCUT2D eigenvalue weighted by Crippen LogP contribution is -2.41. The molecule has 0 radical (unpaired) electrons. The third-order valence-corrected chi connectivity index (χ3v) is 7.01. The molecule has 7 heteroatoms. The summed E-state index contributed by atoms with van der Waals surface area (Å²) in [5.41, 5.74) is 0. The van der Waals surface area contributed by atoms with E-state index in [0.29, 0.717) is 5.92 Å². The zero-order valence-electron chi connectivity index (χ0n) is 13.1. The van der Waals surface area contributed by atoms with E-state index in [9.17, 15) is 13.2 Å². The molecule has 1 aliphatic carbocycles. The van der Waals surface area contributed by atoms with Crippen molar-refractivity contribution in [2.24, 2.45) is 5.92 Å². The van der Waals surface area contributed by atoms with Gasteiger partial charge in [-0.05, 0) is 37.1 Å². The summed E-state index contributed by atoms with van der Waals surface area (Å²) >= 11 is 1.64. The largest absolute Gasteiger partial charge is 0.347 e. The maximum absolute atomic E-state index is 12.3. The van der Waals surface area contributed by atoms with Crippen LogP contribution in [0.3, 0.4) is 0 Å². The molecule has 1 amide bonds. The van der Waals surface area contributed by atoms with Gasteiger partial charge in [-0.1, -0.05) is 18.9 Å². The van der Waals surface area contributed by atoms with Gasteiger partial charge in [0, 0.05) is 11.9 Å². The molecule has 22 heavy (non-hydrogen) atoms. The minimum absolute atomic E-state index is 0.00716. The topological polar surface area (TPSA) is 66.5 Å². The van der Waals surface area contributed by atoms with Crippen LogP contribution < -0.4 is 5.32 Å². The number of nitrogens with zero attached hydrogens (tertiary/aromatic N) is 1. The summed E-state index contributed by atoms with van der Waals surface area (Å²) in [6, 6.07) is 4.04. The van der Waals surface area contributed by atoms with Gasteiger partial charge >= 0.3 is 0 Å². The number of hydrogen-bond donors (Lipinski definition) is 1. The molecule has 0 aliphatic heterocycles. The van der Waals surface area contributed by atoms with Crippen molar-refractivity contribution in [2.75, 3.05) is 19.3 Å². The molecule has 1 heterocycles. The Balaban J connectivity index is 2.02. The van der Waals surface area contributed by atoms with E-state index >= 15 is 0 Å². The second-order valence-corrected chi connectivity index (χ2v) is 9.11. The molecule has 124 valence electrons. The molecule has 0 bridgehead atoms. The maximum atomic E-state index is 12.3. The number of carbonyl (C=O) groups is 1. The zero-order chi connectivity index (χ0) is 16.2. The molecule has 1 fully saturated rings. The van der Waals surface area contributed by atoms with Gasteiger partial charge in [0.05, 0.1) is 18.3 Å². The molecule has 0 unspecified atom stereocenters. The fourth-order valence-corrected chi connectivity index (χ4v) is 4.54. The first-order valence-electron chi connectivity index (χ1n) is 7.71. The number of thiophene rings is 1. The van der Waals surface area contributed by atoms with E-state index in [1.807, 2.05) is 17.5 Å². The fraction of sp³-hybridized carbons (Fsp3) is 0.667. The first kappa shape index (κ1) is 17.4. The third-order valence-electron chi connectivity index (χ3n) is 4.24. The van der Waals surface area contributed by atoms with Crippen LogP contribution >= 0.6 is 11.3 Å². The van der Waals surface area contributed by atoms with E-state index in [-0.39, 0.29) is 24.2 Å². The summed E-state index contributed by atoms with van der Waals surface area (Å²) in [6.07, 6.45) is 4.64. The van der Waals surface area contributed by atoms with Gasteiger partial charge in [-0.2, -0.15) is 4.31 Å². The number of rotatable bonds is 7. The van der Waals surface area contributed by atoms with Crippen molar-refractivity contribution in [1.29, 1.82) is 0 Å². The van der Waals surface area contributed by atoms with Crippen molar-refractivity contribution in [3.63, 3.8) is 0 Å². The first-order chi connectivity index (χ1) is 10.4. The van der Waals surface area contributed by atoms with Crippen LogP contribution in [0.5, 0.6) is 0 Å². The van der Waals surface area contributed by atoms with Crippen molar-refractivity contribution in [3.05, 3.63) is 22.4 Å². The van der Waals surface area contributed by atoms with Crippen LogP contribution in [0.25, 0.3) is 0 Å². The Morgan fingerprint density at radius 3 is 2.68 bits per heavy atom. The van der Waals surface area contributed by atoms with Gasteiger partial charge in [-0.25, -0.2) is 8.42 Å². The SMILES string of the molecule is CCS(=O)(=O)N(C)CC(=O)N[C@H](c1cccs1)C1CCCC1. The van der Waals surface area contributed by atoms with Gasteiger partial charge in [0.25, 0.3) is 0 Å². The van der Waals surface area contributed by atoms with E-state index in [1.165, 1.54) is 19.9 Å². The second kappa shape index (κ2) is 7.57. The van der Waals surface area contributed by atoms with E-state index in [1.54, 1.807) is 18.3 Å². The molecule has 1 aromatic heterocycles. The van der Waals surface area contributed by atoms with E-state index in [4.69, 9.17) is 0 Å². The number of sulfonamides is 1. The smallest absolute Gasteiger partial charge is 0.235 e. The lowest BCUT2D eigenvalue weighted by atomic mass is 9.96. The van der Waals surface area contributed by atoms with E-state index < -0.39 is 10.0 Å². The van der Waals surface area contributed by atoms with Crippen molar-refractivity contribution < 1.29 is 13.2 Å². The summed E-state index contributed by atoms with van der Waals surface area (Å²) in [7, 11) is -1.87. The number of carbonyl (C=O) groups excluding carboxylic acids is 1. The molecular weight excluding hydrogens is 320 g/mol. The fourth-order valence-electron chi connectivity index (χ4n) is 2.92. The van der Waals surface area contributed by atoms with Crippen molar-refractivity contribution in [3.8, 4) is 0 Å². The van der Waals surface area contributed by atoms with Crippen LogP contribution in [0.1, 0.15) is 43.5 Å². The molecule has 2 rings (SSSR count). The molecule has 1 aromatic rings. The van der Waals surface area contributed by atoms with E-state index in [2.05, 4.69) is 5.32 Å².